The fourth-order valence-corrected chi connectivity index (χ4v) is 3.93. The summed E-state index contributed by atoms with van der Waals surface area (Å²) in [6.07, 6.45) is 4.58. The van der Waals surface area contributed by atoms with Crippen molar-refractivity contribution in [2.24, 2.45) is 0 Å². The number of piperidine rings is 1. The Hall–Kier alpha value is -0.480. The van der Waals surface area contributed by atoms with Gasteiger partial charge in [0.05, 0.1) is 10.7 Å². The van der Waals surface area contributed by atoms with Crippen LogP contribution in [0.2, 0.25) is 0 Å². The molecule has 2 heterocycles. The van der Waals surface area contributed by atoms with E-state index in [4.69, 9.17) is 0 Å². The highest BCUT2D eigenvalue weighted by Gasteiger charge is 2.30. The number of rotatable bonds is 4. The highest BCUT2D eigenvalue weighted by molar-refractivity contribution is 7.09. The number of hydrogen-bond donors (Lipinski definition) is 1. The van der Waals surface area contributed by atoms with Crippen LogP contribution in [0.25, 0.3) is 0 Å². The Balaban J connectivity index is 1.95. The summed E-state index contributed by atoms with van der Waals surface area (Å²) in [5.41, 5.74) is -0.0434. The van der Waals surface area contributed by atoms with E-state index in [2.05, 4.69) is 36.5 Å². The van der Waals surface area contributed by atoms with Gasteiger partial charge >= 0.3 is 0 Å². The van der Waals surface area contributed by atoms with Crippen LogP contribution in [-0.2, 0) is 11.8 Å². The van der Waals surface area contributed by atoms with Crippen LogP contribution in [0.5, 0.6) is 0 Å². The Labute approximate surface area is 126 Å². The molecule has 1 saturated heterocycles. The first-order chi connectivity index (χ1) is 9.26. The lowest BCUT2D eigenvalue weighted by Gasteiger charge is -2.29. The Kier molecular flexibility index (Phi) is 4.85. The van der Waals surface area contributed by atoms with Gasteiger partial charge in [-0.05, 0) is 32.7 Å². The summed E-state index contributed by atoms with van der Waals surface area (Å²) in [5, 5.41) is 6.43. The van der Waals surface area contributed by atoms with Gasteiger partial charge in [-0.25, -0.2) is 9.37 Å². The van der Waals surface area contributed by atoms with Crippen LogP contribution in [0.4, 0.5) is 4.39 Å². The Morgan fingerprint density at radius 1 is 1.35 bits per heavy atom. The first-order valence-corrected chi connectivity index (χ1v) is 8.51. The molecule has 0 bridgehead atoms. The van der Waals surface area contributed by atoms with Gasteiger partial charge in [0.2, 0.25) is 0 Å². The predicted octanol–water partition coefficient (Wildman–Crippen LogP) is 4.24. The Morgan fingerprint density at radius 3 is 2.65 bits per heavy atom. The van der Waals surface area contributed by atoms with Crippen molar-refractivity contribution >= 4 is 11.3 Å². The van der Waals surface area contributed by atoms with E-state index in [-0.39, 0.29) is 5.41 Å². The fraction of sp³-hybridized carbons (Fsp3) is 0.812. The molecule has 1 N–H and O–H groups in total. The van der Waals surface area contributed by atoms with E-state index in [1.807, 2.05) is 0 Å². The van der Waals surface area contributed by atoms with Gasteiger partial charge in [-0.3, -0.25) is 0 Å². The van der Waals surface area contributed by atoms with Crippen LogP contribution < -0.4 is 5.32 Å². The van der Waals surface area contributed by atoms with E-state index in [1.165, 1.54) is 12.8 Å². The van der Waals surface area contributed by atoms with E-state index in [0.717, 1.165) is 23.7 Å². The average molecular weight is 298 g/mol. The normalized spacial score (nSPS) is 23.6. The van der Waals surface area contributed by atoms with Gasteiger partial charge in [-0.1, -0.05) is 27.2 Å². The summed E-state index contributed by atoms with van der Waals surface area (Å²) in [6, 6.07) is 0.334. The van der Waals surface area contributed by atoms with Gasteiger partial charge in [0.15, 0.2) is 0 Å². The third-order valence-corrected chi connectivity index (χ3v) is 4.77. The molecule has 4 heteroatoms. The first kappa shape index (κ1) is 15.9. The lowest BCUT2D eigenvalue weighted by Crippen LogP contribution is -2.40. The molecule has 1 aliphatic rings. The molecular weight excluding hydrogens is 271 g/mol. The number of thiazole rings is 1. The number of hydrogen-bond acceptors (Lipinski definition) is 3. The molecule has 1 fully saturated rings. The maximum absolute atomic E-state index is 14.8. The van der Waals surface area contributed by atoms with Crippen molar-refractivity contribution in [1.82, 2.24) is 10.3 Å². The SMILES string of the molecule is CC(F)(Cc1nc(C(C)(C)C)cs1)CC1CCCCN1. The van der Waals surface area contributed by atoms with Crippen LogP contribution in [0.3, 0.4) is 0 Å². The summed E-state index contributed by atoms with van der Waals surface area (Å²) in [4.78, 5) is 4.62. The van der Waals surface area contributed by atoms with Crippen molar-refractivity contribution in [3.05, 3.63) is 16.1 Å². The average Bonchev–Trinajstić information content (AvgIpc) is 2.77. The van der Waals surface area contributed by atoms with Gasteiger partial charge in [-0.2, -0.15) is 0 Å². The molecule has 1 aromatic rings. The molecule has 0 radical (unpaired) electrons. The minimum atomic E-state index is -1.16. The zero-order valence-corrected chi connectivity index (χ0v) is 13.9. The van der Waals surface area contributed by atoms with Gasteiger partial charge in [0.1, 0.15) is 5.67 Å². The minimum absolute atomic E-state index is 0.0480. The molecule has 1 aliphatic heterocycles. The minimum Gasteiger partial charge on any atom is -0.314 e. The second kappa shape index (κ2) is 6.10. The zero-order chi connectivity index (χ0) is 14.8. The lowest BCUT2D eigenvalue weighted by atomic mass is 9.90. The molecule has 2 rings (SSSR count). The van der Waals surface area contributed by atoms with Gasteiger partial charge in [0, 0.05) is 23.3 Å². The van der Waals surface area contributed by atoms with E-state index in [9.17, 15) is 4.39 Å². The second-order valence-electron chi connectivity index (χ2n) is 7.32. The third-order valence-electron chi connectivity index (χ3n) is 3.92. The van der Waals surface area contributed by atoms with Crippen molar-refractivity contribution in [3.8, 4) is 0 Å². The molecule has 1 aromatic heterocycles. The lowest BCUT2D eigenvalue weighted by molar-refractivity contribution is 0.145. The zero-order valence-electron chi connectivity index (χ0n) is 13.1. The number of nitrogens with one attached hydrogen (secondary N) is 1. The fourth-order valence-electron chi connectivity index (χ4n) is 2.74. The van der Waals surface area contributed by atoms with Crippen LogP contribution in [0.1, 0.15) is 64.1 Å². The van der Waals surface area contributed by atoms with Crippen LogP contribution in [0, 0.1) is 0 Å². The van der Waals surface area contributed by atoms with E-state index < -0.39 is 5.67 Å². The quantitative estimate of drug-likeness (QED) is 0.899. The molecule has 0 aliphatic carbocycles. The van der Waals surface area contributed by atoms with Gasteiger partial charge in [-0.15, -0.1) is 11.3 Å². The highest BCUT2D eigenvalue weighted by Crippen LogP contribution is 2.30. The summed E-state index contributed by atoms with van der Waals surface area (Å²) in [6.45, 7) is 9.19. The van der Waals surface area contributed by atoms with Crippen molar-refractivity contribution < 1.29 is 4.39 Å². The third kappa shape index (κ3) is 4.52. The molecule has 0 amide bonds. The molecule has 2 atom stereocenters. The molecule has 0 saturated carbocycles. The molecule has 0 spiro atoms. The van der Waals surface area contributed by atoms with Gasteiger partial charge < -0.3 is 5.32 Å². The second-order valence-corrected chi connectivity index (χ2v) is 8.26. The van der Waals surface area contributed by atoms with Crippen molar-refractivity contribution in [2.75, 3.05) is 6.54 Å². The van der Waals surface area contributed by atoms with E-state index in [0.29, 0.717) is 18.9 Å². The largest absolute Gasteiger partial charge is 0.314 e. The van der Waals surface area contributed by atoms with E-state index in [1.54, 1.807) is 18.3 Å². The summed E-state index contributed by atoms with van der Waals surface area (Å²) >= 11 is 1.59. The van der Waals surface area contributed by atoms with Crippen LogP contribution in [-0.4, -0.2) is 23.2 Å². The monoisotopic (exact) mass is 298 g/mol. The molecule has 0 aromatic carbocycles. The van der Waals surface area contributed by atoms with Crippen LogP contribution in [0.15, 0.2) is 5.38 Å². The first-order valence-electron chi connectivity index (χ1n) is 7.63. The van der Waals surface area contributed by atoms with Gasteiger partial charge in [0.25, 0.3) is 0 Å². The predicted molar refractivity (Wildman–Crippen MR) is 84.3 cm³/mol. The topological polar surface area (TPSA) is 24.9 Å². The van der Waals surface area contributed by atoms with Crippen molar-refractivity contribution in [3.63, 3.8) is 0 Å². The maximum atomic E-state index is 14.8. The van der Waals surface area contributed by atoms with E-state index >= 15 is 0 Å². The molecule has 2 nitrogen and oxygen atoms in total. The standard InChI is InChI=1S/C16H27FN2S/c1-15(2,3)13-11-20-14(19-13)10-16(4,17)9-12-7-5-6-8-18-12/h11-12,18H,5-10H2,1-4H3. The molecule has 114 valence electrons. The molecular formula is C16H27FN2S. The number of nitrogens with zero attached hydrogens (tertiary/aromatic N) is 1. The van der Waals surface area contributed by atoms with Crippen molar-refractivity contribution in [2.45, 2.75) is 76.9 Å². The molecule has 20 heavy (non-hydrogen) atoms. The Morgan fingerprint density at radius 2 is 2.10 bits per heavy atom. The number of halogens is 1. The Bertz CT molecular complexity index is 428. The van der Waals surface area contributed by atoms with Crippen molar-refractivity contribution in [1.29, 1.82) is 0 Å². The highest BCUT2D eigenvalue weighted by atomic mass is 32.1. The number of aromatic nitrogens is 1. The summed E-state index contributed by atoms with van der Waals surface area (Å²) in [7, 11) is 0. The van der Waals surface area contributed by atoms with Crippen LogP contribution >= 0.6 is 11.3 Å². The smallest absolute Gasteiger partial charge is 0.116 e. The number of alkyl halides is 1. The summed E-state index contributed by atoms with van der Waals surface area (Å²) < 4.78 is 14.8. The maximum Gasteiger partial charge on any atom is 0.116 e. The summed E-state index contributed by atoms with van der Waals surface area (Å²) in [5.74, 6) is 0. The molecule has 2 unspecified atom stereocenters.